The summed E-state index contributed by atoms with van der Waals surface area (Å²) >= 11 is 6.24. The second kappa shape index (κ2) is 11.7. The molecule has 1 aliphatic rings. The molecule has 0 spiro atoms. The van der Waals surface area contributed by atoms with Gasteiger partial charge in [-0.3, -0.25) is 9.67 Å². The summed E-state index contributed by atoms with van der Waals surface area (Å²) in [4.78, 5) is 7.26. The molecule has 28 heavy (non-hydrogen) atoms. The fraction of sp³-hybridized carbons (Fsp3) is 0.524. The Kier molecular flexibility index (Phi) is 9.58. The van der Waals surface area contributed by atoms with Gasteiger partial charge in [0.1, 0.15) is 0 Å². The van der Waals surface area contributed by atoms with Crippen LogP contribution in [-0.2, 0) is 19.9 Å². The number of hydrogen-bond donors (Lipinski definition) is 1. The van der Waals surface area contributed by atoms with Crippen molar-refractivity contribution in [2.45, 2.75) is 32.6 Å². The largest absolute Gasteiger partial charge is 0.357 e. The van der Waals surface area contributed by atoms with Gasteiger partial charge in [-0.15, -0.1) is 24.0 Å². The molecule has 1 aromatic carbocycles. The quantitative estimate of drug-likeness (QED) is 0.261. The summed E-state index contributed by atoms with van der Waals surface area (Å²) in [5, 5.41) is 8.59. The molecule has 0 amide bonds. The number of nitrogens with one attached hydrogen (secondary N) is 1. The summed E-state index contributed by atoms with van der Waals surface area (Å²) < 4.78 is 1.88. The smallest absolute Gasteiger partial charge is 0.193 e. The summed E-state index contributed by atoms with van der Waals surface area (Å²) in [5.41, 5.74) is 2.53. The first-order chi connectivity index (χ1) is 13.2. The standard InChI is InChI=1S/C21H30ClN5.HI/c1-3-23-21(24-11-6-8-19-7-4-5-9-20(19)22)27-12-10-17(16-27)13-18-14-25-26(2)15-18;/h4-5,7,9,14-15,17H,3,6,8,10-13,16H2,1-2H3,(H,23,24);1H. The number of halogens is 2. The molecule has 1 aliphatic heterocycles. The normalized spacial score (nSPS) is 16.9. The van der Waals surface area contributed by atoms with Crippen LogP contribution >= 0.6 is 35.6 Å². The Hall–Kier alpha value is -1.28. The third kappa shape index (κ3) is 6.65. The van der Waals surface area contributed by atoms with E-state index < -0.39 is 0 Å². The van der Waals surface area contributed by atoms with Gasteiger partial charge in [-0.2, -0.15) is 5.10 Å². The second-order valence-corrected chi connectivity index (χ2v) is 7.66. The molecule has 1 atom stereocenters. The lowest BCUT2D eigenvalue weighted by Crippen LogP contribution is -2.40. The SMILES string of the molecule is CCNC(=NCCCc1ccccc1Cl)N1CCC(Cc2cnn(C)c2)C1.I. The number of likely N-dealkylation sites (tertiary alicyclic amines) is 1. The number of guanidine groups is 1. The van der Waals surface area contributed by atoms with E-state index in [0.717, 1.165) is 56.4 Å². The molecule has 1 saturated heterocycles. The van der Waals surface area contributed by atoms with Crippen LogP contribution in [0.2, 0.25) is 5.02 Å². The highest BCUT2D eigenvalue weighted by molar-refractivity contribution is 14.0. The maximum atomic E-state index is 6.24. The molecule has 3 rings (SSSR count). The van der Waals surface area contributed by atoms with Crippen molar-refractivity contribution in [2.24, 2.45) is 18.0 Å². The average Bonchev–Trinajstić information content (AvgIpc) is 3.28. The van der Waals surface area contributed by atoms with Gasteiger partial charge < -0.3 is 10.2 Å². The van der Waals surface area contributed by atoms with Gasteiger partial charge in [-0.25, -0.2) is 0 Å². The van der Waals surface area contributed by atoms with E-state index in [1.165, 1.54) is 17.5 Å². The van der Waals surface area contributed by atoms with Gasteiger partial charge in [0.15, 0.2) is 5.96 Å². The molecule has 1 unspecified atom stereocenters. The van der Waals surface area contributed by atoms with Crippen molar-refractivity contribution in [3.05, 3.63) is 52.8 Å². The molecule has 0 bridgehead atoms. The third-order valence-electron chi connectivity index (χ3n) is 5.03. The first-order valence-electron chi connectivity index (χ1n) is 9.90. The van der Waals surface area contributed by atoms with Crippen LogP contribution in [0.15, 0.2) is 41.7 Å². The van der Waals surface area contributed by atoms with Gasteiger partial charge in [0.2, 0.25) is 0 Å². The first-order valence-corrected chi connectivity index (χ1v) is 10.3. The second-order valence-electron chi connectivity index (χ2n) is 7.26. The van der Waals surface area contributed by atoms with Crippen LogP contribution in [-0.4, -0.2) is 46.8 Å². The predicted molar refractivity (Wildman–Crippen MR) is 128 cm³/mol. The topological polar surface area (TPSA) is 45.5 Å². The van der Waals surface area contributed by atoms with E-state index >= 15 is 0 Å². The number of nitrogens with zero attached hydrogens (tertiary/aromatic N) is 4. The molecule has 1 N–H and O–H groups in total. The van der Waals surface area contributed by atoms with Crippen LogP contribution in [0.5, 0.6) is 0 Å². The fourth-order valence-electron chi connectivity index (χ4n) is 3.68. The number of hydrogen-bond acceptors (Lipinski definition) is 2. The molecular formula is C21H31ClIN5. The van der Waals surface area contributed by atoms with Crippen molar-refractivity contribution in [3.63, 3.8) is 0 Å². The maximum Gasteiger partial charge on any atom is 0.193 e. The van der Waals surface area contributed by atoms with Gasteiger partial charge in [0.05, 0.1) is 6.20 Å². The molecule has 5 nitrogen and oxygen atoms in total. The summed E-state index contributed by atoms with van der Waals surface area (Å²) in [6.45, 7) is 5.97. The molecule has 0 aliphatic carbocycles. The Morgan fingerprint density at radius 2 is 2.18 bits per heavy atom. The lowest BCUT2D eigenvalue weighted by atomic mass is 10.0. The number of benzene rings is 1. The van der Waals surface area contributed by atoms with Crippen molar-refractivity contribution in [3.8, 4) is 0 Å². The number of aryl methyl sites for hydroxylation is 2. The van der Waals surface area contributed by atoms with E-state index in [1.54, 1.807) is 0 Å². The minimum atomic E-state index is 0. The minimum absolute atomic E-state index is 0. The molecule has 1 fully saturated rings. The zero-order valence-electron chi connectivity index (χ0n) is 16.8. The van der Waals surface area contributed by atoms with E-state index in [-0.39, 0.29) is 24.0 Å². The van der Waals surface area contributed by atoms with Gasteiger partial charge in [-0.1, -0.05) is 29.8 Å². The molecule has 2 aromatic rings. The van der Waals surface area contributed by atoms with Crippen molar-refractivity contribution in [1.29, 1.82) is 0 Å². The first kappa shape index (κ1) is 23.0. The molecule has 1 aromatic heterocycles. The molecule has 7 heteroatoms. The van der Waals surface area contributed by atoms with E-state index in [9.17, 15) is 0 Å². The lowest BCUT2D eigenvalue weighted by molar-refractivity contribution is 0.459. The van der Waals surface area contributed by atoms with Gasteiger partial charge in [-0.05, 0) is 55.7 Å². The third-order valence-corrected chi connectivity index (χ3v) is 5.40. The molecular weight excluding hydrogens is 485 g/mol. The maximum absolute atomic E-state index is 6.24. The Bertz CT molecular complexity index is 761. The van der Waals surface area contributed by atoms with Crippen molar-refractivity contribution in [2.75, 3.05) is 26.2 Å². The summed E-state index contributed by atoms with van der Waals surface area (Å²) in [6, 6.07) is 8.07. The molecule has 154 valence electrons. The Morgan fingerprint density at radius 1 is 1.36 bits per heavy atom. The van der Waals surface area contributed by atoms with Crippen LogP contribution in [0.25, 0.3) is 0 Å². The van der Waals surface area contributed by atoms with Crippen LogP contribution in [0.4, 0.5) is 0 Å². The van der Waals surface area contributed by atoms with Gasteiger partial charge in [0, 0.05) is 44.4 Å². The van der Waals surface area contributed by atoms with E-state index in [1.807, 2.05) is 36.1 Å². The highest BCUT2D eigenvalue weighted by atomic mass is 127. The molecule has 2 heterocycles. The van der Waals surface area contributed by atoms with Crippen molar-refractivity contribution >= 4 is 41.5 Å². The van der Waals surface area contributed by atoms with E-state index in [0.29, 0.717) is 5.92 Å². The van der Waals surface area contributed by atoms with Gasteiger partial charge >= 0.3 is 0 Å². The van der Waals surface area contributed by atoms with E-state index in [4.69, 9.17) is 16.6 Å². The lowest BCUT2D eigenvalue weighted by Gasteiger charge is -2.21. The molecule has 0 radical (unpaired) electrons. The molecule has 0 saturated carbocycles. The summed E-state index contributed by atoms with van der Waals surface area (Å²) in [6.07, 6.45) is 8.38. The van der Waals surface area contributed by atoms with Gasteiger partial charge in [0.25, 0.3) is 0 Å². The predicted octanol–water partition coefficient (Wildman–Crippen LogP) is 4.15. The van der Waals surface area contributed by atoms with Crippen LogP contribution < -0.4 is 5.32 Å². The van der Waals surface area contributed by atoms with Crippen LogP contribution in [0.3, 0.4) is 0 Å². The van der Waals surface area contributed by atoms with Crippen molar-refractivity contribution < 1.29 is 0 Å². The summed E-state index contributed by atoms with van der Waals surface area (Å²) in [5.74, 6) is 1.71. The monoisotopic (exact) mass is 515 g/mol. The Balaban J connectivity index is 0.00000280. The highest BCUT2D eigenvalue weighted by Gasteiger charge is 2.25. The van der Waals surface area contributed by atoms with Crippen molar-refractivity contribution in [1.82, 2.24) is 20.0 Å². The zero-order chi connectivity index (χ0) is 19.1. The van der Waals surface area contributed by atoms with Crippen LogP contribution in [0, 0.1) is 5.92 Å². The Labute approximate surface area is 190 Å². The highest BCUT2D eigenvalue weighted by Crippen LogP contribution is 2.21. The number of rotatable bonds is 7. The average molecular weight is 516 g/mol. The van der Waals surface area contributed by atoms with Crippen LogP contribution in [0.1, 0.15) is 30.9 Å². The number of aliphatic imine (C=N–C) groups is 1. The zero-order valence-corrected chi connectivity index (χ0v) is 19.9. The Morgan fingerprint density at radius 3 is 2.89 bits per heavy atom. The minimum Gasteiger partial charge on any atom is -0.357 e. The summed E-state index contributed by atoms with van der Waals surface area (Å²) in [7, 11) is 1.98. The number of aromatic nitrogens is 2. The fourth-order valence-corrected chi connectivity index (χ4v) is 3.91. The van der Waals surface area contributed by atoms with E-state index in [2.05, 4.69) is 34.5 Å².